The summed E-state index contributed by atoms with van der Waals surface area (Å²) in [5, 5.41) is 14.1. The number of nitrogens with zero attached hydrogens (tertiary/aromatic N) is 1. The zero-order valence-electron chi connectivity index (χ0n) is 13.3. The van der Waals surface area contributed by atoms with Crippen molar-refractivity contribution in [2.75, 3.05) is 5.32 Å². The Morgan fingerprint density at radius 1 is 1.15 bits per heavy atom. The van der Waals surface area contributed by atoms with Gasteiger partial charge in [0.05, 0.1) is 15.6 Å². The van der Waals surface area contributed by atoms with Crippen molar-refractivity contribution in [3.63, 3.8) is 0 Å². The van der Waals surface area contributed by atoms with Gasteiger partial charge in [-0.1, -0.05) is 41.4 Å². The molecule has 0 radical (unpaired) electrons. The first-order valence-electron chi connectivity index (χ1n) is 7.53. The van der Waals surface area contributed by atoms with Crippen molar-refractivity contribution in [2.45, 2.75) is 12.1 Å². The van der Waals surface area contributed by atoms with Crippen LogP contribution >= 0.6 is 23.2 Å². The first-order chi connectivity index (χ1) is 12.8. The second-order valence-corrected chi connectivity index (χ2v) is 6.41. The van der Waals surface area contributed by atoms with E-state index in [1.54, 1.807) is 12.1 Å². The van der Waals surface area contributed by atoms with E-state index < -0.39 is 34.7 Å². The number of rotatable bonds is 5. The number of benzene rings is 2. The van der Waals surface area contributed by atoms with Gasteiger partial charge < -0.3 is 10.1 Å². The molecule has 0 fully saturated rings. The highest BCUT2D eigenvalue weighted by molar-refractivity contribution is 6.43. The smallest absolute Gasteiger partial charge is 0.339 e. The highest BCUT2D eigenvalue weighted by atomic mass is 35.5. The quantitative estimate of drug-likeness (QED) is 0.351. The van der Waals surface area contributed by atoms with Crippen LogP contribution in [0.15, 0.2) is 42.5 Å². The lowest BCUT2D eigenvalue weighted by molar-refractivity contribution is -0.518. The second kappa shape index (κ2) is 7.34. The summed E-state index contributed by atoms with van der Waals surface area (Å²) in [6, 6.07) is 7.95. The first-order valence-corrected chi connectivity index (χ1v) is 8.29. The third-order valence-electron chi connectivity index (χ3n) is 3.91. The molecule has 0 aliphatic carbocycles. The Kier molecular flexibility index (Phi) is 5.11. The predicted octanol–water partition coefficient (Wildman–Crippen LogP) is 3.06. The molecule has 8 nitrogen and oxygen atoms in total. The molecule has 2 aromatic carbocycles. The molecule has 1 amide bonds. The second-order valence-electron chi connectivity index (χ2n) is 5.59. The molecule has 0 unspecified atom stereocenters. The summed E-state index contributed by atoms with van der Waals surface area (Å²) in [6.45, 7) is 0. The van der Waals surface area contributed by atoms with Crippen LogP contribution in [0.3, 0.4) is 0 Å². The van der Waals surface area contributed by atoms with E-state index >= 15 is 0 Å². The number of halogens is 2. The average molecular weight is 409 g/mol. The number of esters is 1. The lowest BCUT2D eigenvalue weighted by atomic mass is 9.97. The molecule has 0 spiro atoms. The van der Waals surface area contributed by atoms with Gasteiger partial charge in [0.2, 0.25) is 6.10 Å². The maximum Gasteiger partial charge on any atom is 0.339 e. The molecule has 1 N–H and O–H groups in total. The number of ketones is 1. The summed E-state index contributed by atoms with van der Waals surface area (Å²) in [6.07, 6.45) is -1.49. The Bertz CT molecular complexity index is 978. The normalized spacial score (nSPS) is 16.2. The van der Waals surface area contributed by atoms with Gasteiger partial charge in [-0.25, -0.2) is 4.79 Å². The Morgan fingerprint density at radius 2 is 1.85 bits per heavy atom. The molecule has 0 aromatic heterocycles. The minimum atomic E-state index is -2.08. The molecule has 138 valence electrons. The molecule has 27 heavy (non-hydrogen) atoms. The topological polar surface area (TPSA) is 116 Å². The van der Waals surface area contributed by atoms with Crippen LogP contribution in [0.25, 0.3) is 0 Å². The standard InChI is InChI=1S/C17H10Cl2N2O6/c18-11-6-5-8(7-12(11)19)20-16(23)14(22)13(21(25)26)15-9-3-1-2-4-10(9)17(24)27-15/h1-7,13,15H,(H,20,23)/t13-,15-/m1/s1. The number of cyclic esters (lactones) is 1. The minimum Gasteiger partial charge on any atom is -0.446 e. The number of ether oxygens (including phenoxy) is 1. The van der Waals surface area contributed by atoms with Crippen molar-refractivity contribution in [1.82, 2.24) is 0 Å². The van der Waals surface area contributed by atoms with Gasteiger partial charge in [-0.2, -0.15) is 0 Å². The van der Waals surface area contributed by atoms with E-state index in [-0.39, 0.29) is 26.9 Å². The molecule has 0 bridgehead atoms. The van der Waals surface area contributed by atoms with Gasteiger partial charge in [-0.3, -0.25) is 19.7 Å². The summed E-state index contributed by atoms with van der Waals surface area (Å²) in [7, 11) is 0. The van der Waals surface area contributed by atoms with E-state index in [2.05, 4.69) is 5.32 Å². The fraction of sp³-hybridized carbons (Fsp3) is 0.118. The SMILES string of the molecule is O=C(Nc1ccc(Cl)c(Cl)c1)C(=O)[C@H]([C@@H]1OC(=O)c2ccccc21)[N+](=O)[O-]. The maximum absolute atomic E-state index is 12.4. The third-order valence-corrected chi connectivity index (χ3v) is 4.64. The number of nitro groups is 1. The molecule has 0 saturated carbocycles. The van der Waals surface area contributed by atoms with Gasteiger partial charge >= 0.3 is 12.0 Å². The zero-order chi connectivity index (χ0) is 19.7. The van der Waals surface area contributed by atoms with Gasteiger partial charge in [0, 0.05) is 16.2 Å². The van der Waals surface area contributed by atoms with Crippen LogP contribution < -0.4 is 5.32 Å². The molecule has 2 aromatic rings. The van der Waals surface area contributed by atoms with Crippen LogP contribution in [0.4, 0.5) is 5.69 Å². The number of hydrogen-bond acceptors (Lipinski definition) is 6. The number of nitrogens with one attached hydrogen (secondary N) is 1. The zero-order valence-corrected chi connectivity index (χ0v) is 14.9. The van der Waals surface area contributed by atoms with E-state index in [0.29, 0.717) is 0 Å². The molecule has 0 saturated heterocycles. The van der Waals surface area contributed by atoms with Crippen LogP contribution in [-0.2, 0) is 14.3 Å². The maximum atomic E-state index is 12.4. The van der Waals surface area contributed by atoms with Crippen LogP contribution in [0, 0.1) is 10.1 Å². The van der Waals surface area contributed by atoms with Crippen LogP contribution in [0.5, 0.6) is 0 Å². The molecular weight excluding hydrogens is 399 g/mol. The van der Waals surface area contributed by atoms with E-state index in [9.17, 15) is 24.5 Å². The van der Waals surface area contributed by atoms with E-state index in [1.807, 2.05) is 0 Å². The fourth-order valence-electron chi connectivity index (χ4n) is 2.65. The number of fused-ring (bicyclic) bond motifs is 1. The molecule has 1 aliphatic heterocycles. The first kappa shape index (κ1) is 18.8. The summed E-state index contributed by atoms with van der Waals surface area (Å²) >= 11 is 11.6. The monoisotopic (exact) mass is 408 g/mol. The van der Waals surface area contributed by atoms with Crippen molar-refractivity contribution in [1.29, 1.82) is 0 Å². The number of carbonyl (C=O) groups excluding carboxylic acids is 3. The van der Waals surface area contributed by atoms with Crippen molar-refractivity contribution in [3.8, 4) is 0 Å². The fourth-order valence-corrected chi connectivity index (χ4v) is 2.95. The number of amides is 1. The van der Waals surface area contributed by atoms with Crippen molar-refractivity contribution < 1.29 is 24.0 Å². The lowest BCUT2D eigenvalue weighted by Gasteiger charge is -2.15. The summed E-state index contributed by atoms with van der Waals surface area (Å²) in [4.78, 5) is 47.1. The van der Waals surface area contributed by atoms with Gasteiger partial charge in [0.15, 0.2) is 0 Å². The number of anilines is 1. The number of hydrogen-bond donors (Lipinski definition) is 1. The largest absolute Gasteiger partial charge is 0.446 e. The van der Waals surface area contributed by atoms with Crippen LogP contribution in [0.2, 0.25) is 10.0 Å². The molecular formula is C17H10Cl2N2O6. The highest BCUT2D eigenvalue weighted by Crippen LogP contribution is 2.34. The Hall–Kier alpha value is -2.97. The van der Waals surface area contributed by atoms with Crippen molar-refractivity contribution in [2.24, 2.45) is 0 Å². The van der Waals surface area contributed by atoms with E-state index in [4.69, 9.17) is 27.9 Å². The van der Waals surface area contributed by atoms with E-state index in [1.165, 1.54) is 30.3 Å². The van der Waals surface area contributed by atoms with Crippen LogP contribution in [0.1, 0.15) is 22.0 Å². The predicted molar refractivity (Wildman–Crippen MR) is 95.5 cm³/mol. The summed E-state index contributed by atoms with van der Waals surface area (Å²) < 4.78 is 4.99. The molecule has 3 rings (SSSR count). The van der Waals surface area contributed by atoms with Gasteiger partial charge in [0.1, 0.15) is 0 Å². The lowest BCUT2D eigenvalue weighted by Crippen LogP contribution is -2.42. The highest BCUT2D eigenvalue weighted by Gasteiger charge is 2.49. The molecule has 1 aliphatic rings. The van der Waals surface area contributed by atoms with E-state index in [0.717, 1.165) is 0 Å². The van der Waals surface area contributed by atoms with Crippen molar-refractivity contribution in [3.05, 3.63) is 73.8 Å². The minimum absolute atomic E-state index is 0.118. The molecule has 2 atom stereocenters. The van der Waals surface area contributed by atoms with Gasteiger partial charge in [-0.15, -0.1) is 0 Å². The average Bonchev–Trinajstić information content (AvgIpc) is 2.95. The Balaban J connectivity index is 1.86. The van der Waals surface area contributed by atoms with Crippen molar-refractivity contribution >= 4 is 46.5 Å². The van der Waals surface area contributed by atoms with Gasteiger partial charge in [0.25, 0.3) is 11.7 Å². The molecule has 1 heterocycles. The summed E-state index contributed by atoms with van der Waals surface area (Å²) in [5.41, 5.74) is 0.431. The van der Waals surface area contributed by atoms with Crippen LogP contribution in [-0.4, -0.2) is 28.6 Å². The number of Topliss-reactive ketones (excluding diaryl/α,β-unsaturated/α-hetero) is 1. The molecule has 10 heteroatoms. The summed E-state index contributed by atoms with van der Waals surface area (Å²) in [5.74, 6) is -3.39. The number of carbonyl (C=O) groups is 3. The Morgan fingerprint density at radius 3 is 2.52 bits per heavy atom. The van der Waals surface area contributed by atoms with Gasteiger partial charge in [-0.05, 0) is 24.3 Å². The Labute approximate surface area is 162 Å². The third kappa shape index (κ3) is 3.62.